The number of alkyl halides is 1. The molecule has 0 amide bonds. The quantitative estimate of drug-likeness (QED) is 0.466. The minimum Gasteiger partial charge on any atom is -0.303 e. The zero-order valence-electron chi connectivity index (χ0n) is 9.47. The van der Waals surface area contributed by atoms with Gasteiger partial charge in [-0.1, -0.05) is 19.8 Å². The molecule has 0 spiro atoms. The Morgan fingerprint density at radius 2 is 2.14 bits per heavy atom. The lowest BCUT2D eigenvalue weighted by Gasteiger charge is -2.15. The summed E-state index contributed by atoms with van der Waals surface area (Å²) in [4.78, 5) is 2.63. The predicted octanol–water partition coefficient (Wildman–Crippen LogP) is 3.52. The van der Waals surface area contributed by atoms with Gasteiger partial charge in [-0.25, -0.2) is 0 Å². The molecule has 0 aliphatic carbocycles. The Hall–Kier alpha value is 0.250. The van der Waals surface area contributed by atoms with Crippen molar-refractivity contribution in [3.63, 3.8) is 0 Å². The summed E-state index contributed by atoms with van der Waals surface area (Å²) in [6.45, 7) is 6.29. The maximum atomic E-state index is 5.65. The van der Waals surface area contributed by atoms with E-state index in [2.05, 4.69) is 11.8 Å². The van der Waals surface area contributed by atoms with E-state index >= 15 is 0 Å². The van der Waals surface area contributed by atoms with Gasteiger partial charge in [0, 0.05) is 12.4 Å². The van der Waals surface area contributed by atoms with Crippen LogP contribution in [0.25, 0.3) is 0 Å². The normalized spacial score (nSPS) is 23.1. The molecule has 1 atom stereocenters. The molecule has 1 rings (SSSR count). The lowest BCUT2D eigenvalue weighted by Crippen LogP contribution is -2.21. The molecule has 1 saturated heterocycles. The molecule has 0 aromatic heterocycles. The van der Waals surface area contributed by atoms with Crippen LogP contribution >= 0.6 is 11.6 Å². The summed E-state index contributed by atoms with van der Waals surface area (Å²) in [5.41, 5.74) is 0. The summed E-state index contributed by atoms with van der Waals surface area (Å²) in [5, 5.41) is 0. The highest BCUT2D eigenvalue weighted by Gasteiger charge is 2.20. The van der Waals surface area contributed by atoms with Crippen LogP contribution in [0.1, 0.15) is 45.4 Å². The molecule has 0 aromatic carbocycles. The van der Waals surface area contributed by atoms with Crippen LogP contribution in [-0.2, 0) is 0 Å². The first kappa shape index (κ1) is 12.3. The third-order valence-electron chi connectivity index (χ3n) is 3.17. The molecule has 1 aliphatic heterocycles. The van der Waals surface area contributed by atoms with Gasteiger partial charge in [-0.3, -0.25) is 0 Å². The number of likely N-dealkylation sites (tertiary alicyclic amines) is 1. The van der Waals surface area contributed by atoms with Gasteiger partial charge in [0.15, 0.2) is 0 Å². The largest absolute Gasteiger partial charge is 0.303 e. The maximum absolute atomic E-state index is 5.65. The number of hydrogen-bond donors (Lipinski definition) is 0. The van der Waals surface area contributed by atoms with E-state index in [1.54, 1.807) is 0 Å². The van der Waals surface area contributed by atoms with E-state index in [1.165, 1.54) is 58.2 Å². The second kappa shape index (κ2) is 7.53. The summed E-state index contributed by atoms with van der Waals surface area (Å²) in [6, 6.07) is 0. The van der Waals surface area contributed by atoms with Gasteiger partial charge in [0.2, 0.25) is 0 Å². The van der Waals surface area contributed by atoms with Crippen LogP contribution in [0, 0.1) is 5.92 Å². The molecular formula is C12H24ClN. The van der Waals surface area contributed by atoms with Crippen LogP contribution in [0.2, 0.25) is 0 Å². The van der Waals surface area contributed by atoms with Gasteiger partial charge in [0.05, 0.1) is 0 Å². The van der Waals surface area contributed by atoms with Crippen LogP contribution in [-0.4, -0.2) is 30.4 Å². The van der Waals surface area contributed by atoms with Crippen molar-refractivity contribution in [1.29, 1.82) is 0 Å². The van der Waals surface area contributed by atoms with Crippen molar-refractivity contribution < 1.29 is 0 Å². The highest BCUT2D eigenvalue weighted by Crippen LogP contribution is 2.20. The second-order valence-electron chi connectivity index (χ2n) is 4.49. The number of nitrogens with zero attached hydrogens (tertiary/aromatic N) is 1. The Kier molecular flexibility index (Phi) is 6.63. The Balaban J connectivity index is 1.98. The van der Waals surface area contributed by atoms with Gasteiger partial charge in [0.1, 0.15) is 0 Å². The van der Waals surface area contributed by atoms with E-state index in [4.69, 9.17) is 11.6 Å². The number of hydrogen-bond acceptors (Lipinski definition) is 1. The first-order chi connectivity index (χ1) is 6.86. The van der Waals surface area contributed by atoms with Gasteiger partial charge < -0.3 is 4.90 Å². The first-order valence-corrected chi connectivity index (χ1v) is 6.68. The molecule has 1 fully saturated rings. The van der Waals surface area contributed by atoms with Gasteiger partial charge in [0.25, 0.3) is 0 Å². The molecule has 84 valence electrons. The fraction of sp³-hybridized carbons (Fsp3) is 1.00. The third-order valence-corrected chi connectivity index (χ3v) is 3.44. The minimum absolute atomic E-state index is 0.832. The van der Waals surface area contributed by atoms with E-state index in [0.29, 0.717) is 0 Å². The van der Waals surface area contributed by atoms with Crippen LogP contribution in [0.4, 0.5) is 0 Å². The monoisotopic (exact) mass is 217 g/mol. The Morgan fingerprint density at radius 1 is 1.29 bits per heavy atom. The van der Waals surface area contributed by atoms with Gasteiger partial charge >= 0.3 is 0 Å². The third kappa shape index (κ3) is 4.65. The molecule has 1 heterocycles. The predicted molar refractivity (Wildman–Crippen MR) is 64.0 cm³/mol. The zero-order valence-corrected chi connectivity index (χ0v) is 10.2. The van der Waals surface area contributed by atoms with Crippen molar-refractivity contribution in [2.75, 3.05) is 25.5 Å². The fourth-order valence-corrected chi connectivity index (χ4v) is 2.56. The first-order valence-electron chi connectivity index (χ1n) is 6.15. The topological polar surface area (TPSA) is 3.24 Å². The molecule has 0 N–H and O–H groups in total. The van der Waals surface area contributed by atoms with E-state index in [1.807, 2.05) is 0 Å². The van der Waals surface area contributed by atoms with Crippen molar-refractivity contribution in [2.45, 2.75) is 45.4 Å². The summed E-state index contributed by atoms with van der Waals surface area (Å²) in [7, 11) is 0. The number of rotatable bonds is 7. The summed E-state index contributed by atoms with van der Waals surface area (Å²) in [5.74, 6) is 1.83. The SMILES string of the molecule is CCCC1CCN(CCCCCCl)C1. The van der Waals surface area contributed by atoms with Crippen LogP contribution in [0.3, 0.4) is 0 Å². The lowest BCUT2D eigenvalue weighted by molar-refractivity contribution is 0.312. The molecular weight excluding hydrogens is 194 g/mol. The molecule has 0 aromatic rings. The van der Waals surface area contributed by atoms with Crippen LogP contribution in [0.15, 0.2) is 0 Å². The molecule has 0 radical (unpaired) electrons. The molecule has 0 bridgehead atoms. The zero-order chi connectivity index (χ0) is 10.2. The van der Waals surface area contributed by atoms with E-state index in [9.17, 15) is 0 Å². The van der Waals surface area contributed by atoms with Crippen molar-refractivity contribution in [3.8, 4) is 0 Å². The number of halogens is 1. The van der Waals surface area contributed by atoms with Crippen molar-refractivity contribution in [2.24, 2.45) is 5.92 Å². The molecule has 14 heavy (non-hydrogen) atoms. The van der Waals surface area contributed by atoms with E-state index in [-0.39, 0.29) is 0 Å². The van der Waals surface area contributed by atoms with E-state index in [0.717, 1.165) is 11.8 Å². The molecule has 0 saturated carbocycles. The smallest absolute Gasteiger partial charge is 0.0223 e. The van der Waals surface area contributed by atoms with Gasteiger partial charge in [-0.05, 0) is 44.7 Å². The maximum Gasteiger partial charge on any atom is 0.0223 e. The highest BCUT2D eigenvalue weighted by atomic mass is 35.5. The van der Waals surface area contributed by atoms with Crippen molar-refractivity contribution >= 4 is 11.6 Å². The van der Waals surface area contributed by atoms with Crippen LogP contribution < -0.4 is 0 Å². The Bertz CT molecular complexity index is 138. The van der Waals surface area contributed by atoms with Gasteiger partial charge in [-0.2, -0.15) is 0 Å². The number of unbranched alkanes of at least 4 members (excludes halogenated alkanes) is 2. The van der Waals surface area contributed by atoms with Crippen molar-refractivity contribution in [3.05, 3.63) is 0 Å². The molecule has 1 aliphatic rings. The molecule has 1 unspecified atom stereocenters. The van der Waals surface area contributed by atoms with Gasteiger partial charge in [-0.15, -0.1) is 11.6 Å². The second-order valence-corrected chi connectivity index (χ2v) is 4.87. The Morgan fingerprint density at radius 3 is 2.86 bits per heavy atom. The Labute approximate surface area is 93.8 Å². The summed E-state index contributed by atoms with van der Waals surface area (Å²) < 4.78 is 0. The average molecular weight is 218 g/mol. The average Bonchev–Trinajstić information content (AvgIpc) is 2.61. The minimum atomic E-state index is 0.832. The van der Waals surface area contributed by atoms with Crippen molar-refractivity contribution in [1.82, 2.24) is 4.90 Å². The fourth-order valence-electron chi connectivity index (χ4n) is 2.37. The molecule has 2 heteroatoms. The standard InChI is InChI=1S/C12H24ClN/c1-2-6-12-7-10-14(11-12)9-5-3-4-8-13/h12H,2-11H2,1H3. The van der Waals surface area contributed by atoms with Crippen LogP contribution in [0.5, 0.6) is 0 Å². The summed E-state index contributed by atoms with van der Waals surface area (Å²) in [6.07, 6.45) is 8.05. The van der Waals surface area contributed by atoms with E-state index < -0.39 is 0 Å². The highest BCUT2D eigenvalue weighted by molar-refractivity contribution is 6.17. The summed E-state index contributed by atoms with van der Waals surface area (Å²) >= 11 is 5.65. The molecule has 1 nitrogen and oxygen atoms in total. The lowest BCUT2D eigenvalue weighted by atomic mass is 10.0.